The van der Waals surface area contributed by atoms with Crippen molar-refractivity contribution in [3.05, 3.63) is 27.2 Å². The van der Waals surface area contributed by atoms with Crippen LogP contribution in [0.3, 0.4) is 0 Å². The van der Waals surface area contributed by atoms with Gasteiger partial charge in [0.05, 0.1) is 6.33 Å². The van der Waals surface area contributed by atoms with Gasteiger partial charge in [-0.3, -0.25) is 13.9 Å². The number of imidazole rings is 1. The lowest BCUT2D eigenvalue weighted by Gasteiger charge is -2.24. The van der Waals surface area contributed by atoms with Crippen LogP contribution in [0.2, 0.25) is 0 Å². The Kier molecular flexibility index (Phi) is 4.15. The molecule has 3 rings (SSSR count). The summed E-state index contributed by atoms with van der Waals surface area (Å²) in [6.45, 7) is 1.20. The monoisotopic (exact) mass is 305 g/mol. The highest BCUT2D eigenvalue weighted by Crippen LogP contribution is 2.28. The third kappa shape index (κ3) is 2.39. The van der Waals surface area contributed by atoms with Crippen molar-refractivity contribution in [1.82, 2.24) is 18.7 Å². The third-order valence-electron chi connectivity index (χ3n) is 4.59. The fourth-order valence-corrected chi connectivity index (χ4v) is 3.36. The second kappa shape index (κ2) is 6.08. The molecule has 1 aliphatic carbocycles. The lowest BCUT2D eigenvalue weighted by molar-refractivity contribution is 0.344. The molecule has 0 saturated heterocycles. The topological polar surface area (TPSA) is 87.8 Å². The van der Waals surface area contributed by atoms with Gasteiger partial charge in [-0.05, 0) is 25.8 Å². The quantitative estimate of drug-likeness (QED) is 0.903. The molecule has 0 unspecified atom stereocenters. The van der Waals surface area contributed by atoms with Crippen LogP contribution in [-0.4, -0.2) is 25.2 Å². The van der Waals surface area contributed by atoms with Gasteiger partial charge in [0.1, 0.15) is 0 Å². The van der Waals surface area contributed by atoms with Crippen molar-refractivity contribution in [3.8, 4) is 0 Å². The Hall–Kier alpha value is -1.89. The standard InChI is InChI=1S/C15H23N5O2/c1-18-14(21)12-13(17-10-19(12)9-5-8-16)20(15(18)22)11-6-3-2-4-7-11/h10-11H,2-9,16H2,1H3. The van der Waals surface area contributed by atoms with Gasteiger partial charge in [0.2, 0.25) is 0 Å². The first-order valence-corrected chi connectivity index (χ1v) is 8.01. The van der Waals surface area contributed by atoms with Crippen molar-refractivity contribution in [1.29, 1.82) is 0 Å². The van der Waals surface area contributed by atoms with E-state index < -0.39 is 0 Å². The minimum absolute atomic E-state index is 0.147. The van der Waals surface area contributed by atoms with E-state index in [1.807, 2.05) is 4.57 Å². The lowest BCUT2D eigenvalue weighted by Crippen LogP contribution is -2.40. The molecule has 120 valence electrons. The van der Waals surface area contributed by atoms with Gasteiger partial charge >= 0.3 is 5.69 Å². The molecule has 1 fully saturated rings. The average Bonchev–Trinajstić information content (AvgIpc) is 2.95. The summed E-state index contributed by atoms with van der Waals surface area (Å²) in [4.78, 5) is 29.5. The van der Waals surface area contributed by atoms with Gasteiger partial charge in [0, 0.05) is 19.6 Å². The van der Waals surface area contributed by atoms with E-state index in [4.69, 9.17) is 5.73 Å². The van der Waals surface area contributed by atoms with Crippen molar-refractivity contribution in [3.63, 3.8) is 0 Å². The van der Waals surface area contributed by atoms with E-state index >= 15 is 0 Å². The van der Waals surface area contributed by atoms with E-state index in [0.717, 1.165) is 32.1 Å². The molecule has 0 aromatic carbocycles. The Bertz CT molecular complexity index is 780. The first kappa shape index (κ1) is 15.0. The predicted molar refractivity (Wildman–Crippen MR) is 85.0 cm³/mol. The molecule has 0 spiro atoms. The second-order valence-electron chi connectivity index (χ2n) is 6.06. The number of aromatic nitrogens is 4. The molecule has 2 N–H and O–H groups in total. The van der Waals surface area contributed by atoms with Crippen molar-refractivity contribution in [2.75, 3.05) is 6.54 Å². The minimum Gasteiger partial charge on any atom is -0.330 e. The molecule has 7 nitrogen and oxygen atoms in total. The van der Waals surface area contributed by atoms with Crippen LogP contribution in [0.5, 0.6) is 0 Å². The van der Waals surface area contributed by atoms with E-state index in [9.17, 15) is 9.59 Å². The molecule has 7 heteroatoms. The van der Waals surface area contributed by atoms with Crippen LogP contribution in [0.1, 0.15) is 44.6 Å². The van der Waals surface area contributed by atoms with E-state index in [-0.39, 0.29) is 17.3 Å². The zero-order chi connectivity index (χ0) is 15.7. The van der Waals surface area contributed by atoms with Crippen molar-refractivity contribution in [2.24, 2.45) is 12.8 Å². The van der Waals surface area contributed by atoms with Crippen LogP contribution in [0.25, 0.3) is 11.2 Å². The van der Waals surface area contributed by atoms with Crippen LogP contribution in [0, 0.1) is 0 Å². The van der Waals surface area contributed by atoms with E-state index in [2.05, 4.69) is 4.98 Å². The maximum Gasteiger partial charge on any atom is 0.332 e. The minimum atomic E-state index is -0.276. The fourth-order valence-electron chi connectivity index (χ4n) is 3.36. The van der Waals surface area contributed by atoms with Crippen LogP contribution in [-0.2, 0) is 13.6 Å². The number of aryl methyl sites for hydroxylation is 1. The van der Waals surface area contributed by atoms with Crippen LogP contribution < -0.4 is 17.0 Å². The summed E-state index contributed by atoms with van der Waals surface area (Å²) in [5, 5.41) is 0. The summed E-state index contributed by atoms with van der Waals surface area (Å²) < 4.78 is 4.76. The van der Waals surface area contributed by atoms with Crippen LogP contribution in [0.15, 0.2) is 15.9 Å². The molecule has 0 atom stereocenters. The summed E-state index contributed by atoms with van der Waals surface area (Å²) in [6.07, 6.45) is 7.83. The van der Waals surface area contributed by atoms with Crippen molar-refractivity contribution in [2.45, 2.75) is 51.1 Å². The molecule has 2 aromatic rings. The van der Waals surface area contributed by atoms with Gasteiger partial charge in [-0.1, -0.05) is 19.3 Å². The first-order valence-electron chi connectivity index (χ1n) is 8.01. The van der Waals surface area contributed by atoms with E-state index in [0.29, 0.717) is 24.3 Å². The first-order chi connectivity index (χ1) is 10.6. The van der Waals surface area contributed by atoms with Gasteiger partial charge < -0.3 is 10.3 Å². The molecule has 1 saturated carbocycles. The maximum absolute atomic E-state index is 12.6. The molecular formula is C15H23N5O2. The number of nitrogens with zero attached hydrogens (tertiary/aromatic N) is 4. The van der Waals surface area contributed by atoms with Gasteiger partial charge in [-0.15, -0.1) is 0 Å². The normalized spacial score (nSPS) is 16.5. The third-order valence-corrected chi connectivity index (χ3v) is 4.59. The number of fused-ring (bicyclic) bond motifs is 1. The molecule has 0 aliphatic heterocycles. The Balaban J connectivity index is 2.21. The largest absolute Gasteiger partial charge is 0.332 e. The Morgan fingerprint density at radius 2 is 2.00 bits per heavy atom. The SMILES string of the molecule is Cn1c(=O)c2c(ncn2CCCN)n(C2CCCCC2)c1=O. The zero-order valence-corrected chi connectivity index (χ0v) is 13.0. The Morgan fingerprint density at radius 3 is 2.68 bits per heavy atom. The second-order valence-corrected chi connectivity index (χ2v) is 6.06. The number of hydrogen-bond acceptors (Lipinski definition) is 4. The fraction of sp³-hybridized carbons (Fsp3) is 0.667. The highest BCUT2D eigenvalue weighted by Gasteiger charge is 2.23. The lowest BCUT2D eigenvalue weighted by atomic mass is 9.95. The summed E-state index contributed by atoms with van der Waals surface area (Å²) in [5.74, 6) is 0. The maximum atomic E-state index is 12.6. The van der Waals surface area contributed by atoms with Crippen LogP contribution in [0.4, 0.5) is 0 Å². The summed E-state index contributed by atoms with van der Waals surface area (Å²) in [7, 11) is 1.55. The predicted octanol–water partition coefficient (Wildman–Crippen LogP) is 0.751. The average molecular weight is 305 g/mol. The molecule has 2 heterocycles. The molecule has 22 heavy (non-hydrogen) atoms. The van der Waals surface area contributed by atoms with Crippen molar-refractivity contribution >= 4 is 11.2 Å². The number of hydrogen-bond donors (Lipinski definition) is 1. The van der Waals surface area contributed by atoms with Gasteiger partial charge in [-0.2, -0.15) is 0 Å². The highest BCUT2D eigenvalue weighted by atomic mass is 16.2. The summed E-state index contributed by atoms with van der Waals surface area (Å²) in [5.41, 5.74) is 6.06. The summed E-state index contributed by atoms with van der Waals surface area (Å²) in [6, 6.07) is 0.147. The Labute approximate surface area is 128 Å². The molecular weight excluding hydrogens is 282 g/mol. The zero-order valence-electron chi connectivity index (χ0n) is 13.0. The highest BCUT2D eigenvalue weighted by molar-refractivity contribution is 5.70. The van der Waals surface area contributed by atoms with Crippen LogP contribution >= 0.6 is 0 Å². The molecule has 0 radical (unpaired) electrons. The van der Waals surface area contributed by atoms with E-state index in [1.165, 1.54) is 11.0 Å². The summed E-state index contributed by atoms with van der Waals surface area (Å²) >= 11 is 0. The van der Waals surface area contributed by atoms with Gasteiger partial charge in [0.15, 0.2) is 11.2 Å². The van der Waals surface area contributed by atoms with Gasteiger partial charge in [-0.25, -0.2) is 9.78 Å². The smallest absolute Gasteiger partial charge is 0.330 e. The Morgan fingerprint density at radius 1 is 1.27 bits per heavy atom. The van der Waals surface area contributed by atoms with E-state index in [1.54, 1.807) is 17.9 Å². The molecule has 0 bridgehead atoms. The van der Waals surface area contributed by atoms with Gasteiger partial charge in [0.25, 0.3) is 5.56 Å². The number of nitrogens with two attached hydrogens (primary N) is 1. The molecule has 0 amide bonds. The molecule has 1 aliphatic rings. The van der Waals surface area contributed by atoms with Crippen molar-refractivity contribution < 1.29 is 0 Å². The number of rotatable bonds is 4. The molecule has 2 aromatic heterocycles.